The summed E-state index contributed by atoms with van der Waals surface area (Å²) in [4.78, 5) is 1.37. The molecule has 0 heterocycles. The van der Waals surface area contributed by atoms with Crippen LogP contribution in [0.5, 0.6) is 0 Å². The van der Waals surface area contributed by atoms with Gasteiger partial charge in [-0.15, -0.1) is 11.8 Å². The number of hydrogen-bond donors (Lipinski definition) is 1. The van der Waals surface area contributed by atoms with Crippen LogP contribution in [0, 0.1) is 13.8 Å². The summed E-state index contributed by atoms with van der Waals surface area (Å²) in [5.74, 6) is 1.03. The summed E-state index contributed by atoms with van der Waals surface area (Å²) in [6.45, 7) is 5.25. The highest BCUT2D eigenvalue weighted by molar-refractivity contribution is 7.98. The highest BCUT2D eigenvalue weighted by Gasteiger charge is 2.03. The summed E-state index contributed by atoms with van der Waals surface area (Å²) in [5.41, 5.74) is 5.47. The first-order valence-electron chi connectivity index (χ1n) is 6.61. The number of benzene rings is 2. The quantitative estimate of drug-likeness (QED) is 0.813. The molecule has 0 saturated heterocycles. The summed E-state index contributed by atoms with van der Waals surface area (Å²) in [7, 11) is 1.99. The lowest BCUT2D eigenvalue weighted by molar-refractivity contribution is 0.803. The molecule has 0 atom stereocenters. The predicted molar refractivity (Wildman–Crippen MR) is 84.7 cm³/mol. The van der Waals surface area contributed by atoms with E-state index in [1.165, 1.54) is 27.1 Å². The van der Waals surface area contributed by atoms with Gasteiger partial charge in [0.1, 0.15) is 0 Å². The maximum absolute atomic E-state index is 3.23. The normalized spacial score (nSPS) is 10.7. The fourth-order valence-corrected chi connectivity index (χ4v) is 3.28. The van der Waals surface area contributed by atoms with Gasteiger partial charge in [0, 0.05) is 17.2 Å². The fraction of sp³-hybridized carbons (Fsp3) is 0.294. The number of rotatable bonds is 5. The van der Waals surface area contributed by atoms with E-state index in [1.807, 2.05) is 18.8 Å². The lowest BCUT2D eigenvalue weighted by Gasteiger charge is -2.09. The van der Waals surface area contributed by atoms with Gasteiger partial charge in [-0.25, -0.2) is 0 Å². The molecule has 2 aromatic carbocycles. The van der Waals surface area contributed by atoms with Crippen molar-refractivity contribution < 1.29 is 0 Å². The predicted octanol–water partition coefficient (Wildman–Crippen LogP) is 4.32. The number of nitrogens with one attached hydrogen (secondary N) is 1. The van der Waals surface area contributed by atoms with Crippen LogP contribution in [0.4, 0.5) is 0 Å². The molecule has 0 aromatic heterocycles. The molecular weight excluding hydrogens is 250 g/mol. The third kappa shape index (κ3) is 4.12. The van der Waals surface area contributed by atoms with Gasteiger partial charge in [-0.2, -0.15) is 0 Å². The van der Waals surface area contributed by atoms with Crippen LogP contribution >= 0.6 is 11.8 Å². The maximum Gasteiger partial charge on any atom is 0.0232 e. The molecule has 2 rings (SSSR count). The largest absolute Gasteiger partial charge is 0.316 e. The molecule has 2 aromatic rings. The van der Waals surface area contributed by atoms with E-state index in [0.717, 1.165) is 12.3 Å². The van der Waals surface area contributed by atoms with Crippen LogP contribution in [0.1, 0.15) is 22.3 Å². The van der Waals surface area contributed by atoms with E-state index in [0.29, 0.717) is 0 Å². The molecule has 1 nitrogen and oxygen atoms in total. The van der Waals surface area contributed by atoms with Crippen molar-refractivity contribution in [2.75, 3.05) is 7.05 Å². The number of aryl methyl sites for hydroxylation is 2. The van der Waals surface area contributed by atoms with Crippen LogP contribution in [0.3, 0.4) is 0 Å². The number of hydrogen-bond acceptors (Lipinski definition) is 2. The molecule has 0 fully saturated rings. The molecule has 0 bridgehead atoms. The molecule has 0 unspecified atom stereocenters. The van der Waals surface area contributed by atoms with Gasteiger partial charge in [-0.3, -0.25) is 0 Å². The molecule has 0 aliphatic rings. The first kappa shape index (κ1) is 14.2. The van der Waals surface area contributed by atoms with Crippen molar-refractivity contribution in [3.63, 3.8) is 0 Å². The van der Waals surface area contributed by atoms with E-state index in [-0.39, 0.29) is 0 Å². The molecule has 0 aliphatic heterocycles. The third-order valence-electron chi connectivity index (χ3n) is 3.02. The molecule has 0 radical (unpaired) electrons. The maximum atomic E-state index is 3.23. The fourth-order valence-electron chi connectivity index (χ4n) is 2.29. The monoisotopic (exact) mass is 271 g/mol. The Labute approximate surface area is 120 Å². The van der Waals surface area contributed by atoms with E-state index in [2.05, 4.69) is 61.6 Å². The molecule has 0 amide bonds. The minimum absolute atomic E-state index is 0.927. The summed E-state index contributed by atoms with van der Waals surface area (Å²) < 4.78 is 0. The molecule has 19 heavy (non-hydrogen) atoms. The second kappa shape index (κ2) is 6.78. The van der Waals surface area contributed by atoms with Gasteiger partial charge in [0.25, 0.3) is 0 Å². The standard InChI is InChI=1S/C17H21NS/c1-13-8-14(2)10-15(9-13)12-19-17-7-5-4-6-16(17)11-18-3/h4-10,18H,11-12H2,1-3H3. The molecule has 0 saturated carbocycles. The number of thioether (sulfide) groups is 1. The van der Waals surface area contributed by atoms with Gasteiger partial charge in [-0.05, 0) is 38.1 Å². The Hall–Kier alpha value is -1.25. The Morgan fingerprint density at radius 2 is 1.68 bits per heavy atom. The van der Waals surface area contributed by atoms with E-state index in [4.69, 9.17) is 0 Å². The summed E-state index contributed by atoms with van der Waals surface area (Å²) in [6.07, 6.45) is 0. The second-order valence-corrected chi connectivity index (χ2v) is 5.94. The van der Waals surface area contributed by atoms with Crippen LogP contribution in [0.2, 0.25) is 0 Å². The van der Waals surface area contributed by atoms with Crippen LogP contribution < -0.4 is 5.32 Å². The van der Waals surface area contributed by atoms with Crippen molar-refractivity contribution in [2.24, 2.45) is 0 Å². The van der Waals surface area contributed by atoms with Crippen molar-refractivity contribution >= 4 is 11.8 Å². The Bertz CT molecular complexity index is 528. The van der Waals surface area contributed by atoms with Crippen molar-refractivity contribution in [1.82, 2.24) is 5.32 Å². The molecule has 2 heteroatoms. The Balaban J connectivity index is 2.09. The SMILES string of the molecule is CNCc1ccccc1SCc1cc(C)cc(C)c1. The average molecular weight is 271 g/mol. The van der Waals surface area contributed by atoms with Gasteiger partial charge in [0.2, 0.25) is 0 Å². The summed E-state index contributed by atoms with van der Waals surface area (Å²) >= 11 is 1.92. The van der Waals surface area contributed by atoms with E-state index in [1.54, 1.807) is 0 Å². The van der Waals surface area contributed by atoms with Crippen LogP contribution in [-0.2, 0) is 12.3 Å². The van der Waals surface area contributed by atoms with E-state index < -0.39 is 0 Å². The van der Waals surface area contributed by atoms with Crippen molar-refractivity contribution in [3.8, 4) is 0 Å². The molecule has 0 aliphatic carbocycles. The molecule has 100 valence electrons. The van der Waals surface area contributed by atoms with Crippen LogP contribution in [0.15, 0.2) is 47.4 Å². The highest BCUT2D eigenvalue weighted by atomic mass is 32.2. The van der Waals surface area contributed by atoms with Crippen LogP contribution in [0.25, 0.3) is 0 Å². The van der Waals surface area contributed by atoms with Gasteiger partial charge in [0.15, 0.2) is 0 Å². The zero-order valence-corrected chi connectivity index (χ0v) is 12.7. The first-order chi connectivity index (χ1) is 9.19. The van der Waals surface area contributed by atoms with Gasteiger partial charge in [-0.1, -0.05) is 47.5 Å². The van der Waals surface area contributed by atoms with Crippen molar-refractivity contribution in [2.45, 2.75) is 31.0 Å². The van der Waals surface area contributed by atoms with Crippen LogP contribution in [-0.4, -0.2) is 7.05 Å². The molecule has 1 N–H and O–H groups in total. The molecular formula is C17H21NS. The highest BCUT2D eigenvalue weighted by Crippen LogP contribution is 2.27. The van der Waals surface area contributed by atoms with Gasteiger partial charge < -0.3 is 5.32 Å². The van der Waals surface area contributed by atoms with Gasteiger partial charge in [0.05, 0.1) is 0 Å². The van der Waals surface area contributed by atoms with Crippen molar-refractivity contribution in [1.29, 1.82) is 0 Å². The second-order valence-electron chi connectivity index (χ2n) is 4.92. The summed E-state index contributed by atoms with van der Waals surface area (Å²) in [5, 5.41) is 3.23. The Morgan fingerprint density at radius 1 is 1.00 bits per heavy atom. The zero-order chi connectivity index (χ0) is 13.7. The van der Waals surface area contributed by atoms with E-state index >= 15 is 0 Å². The average Bonchev–Trinajstić information content (AvgIpc) is 2.37. The minimum Gasteiger partial charge on any atom is -0.316 e. The lowest BCUT2D eigenvalue weighted by Crippen LogP contribution is -2.05. The third-order valence-corrected chi connectivity index (χ3v) is 4.20. The Morgan fingerprint density at radius 3 is 2.37 bits per heavy atom. The van der Waals surface area contributed by atoms with Gasteiger partial charge >= 0.3 is 0 Å². The minimum atomic E-state index is 0.927. The smallest absolute Gasteiger partial charge is 0.0232 e. The topological polar surface area (TPSA) is 12.0 Å². The zero-order valence-electron chi connectivity index (χ0n) is 11.9. The summed E-state index contributed by atoms with van der Waals surface area (Å²) in [6, 6.07) is 15.4. The van der Waals surface area contributed by atoms with E-state index in [9.17, 15) is 0 Å². The first-order valence-corrected chi connectivity index (χ1v) is 7.60. The van der Waals surface area contributed by atoms with Crippen molar-refractivity contribution in [3.05, 3.63) is 64.7 Å². The Kier molecular flexibility index (Phi) is 5.06. The lowest BCUT2D eigenvalue weighted by atomic mass is 10.1. The molecule has 0 spiro atoms.